The Morgan fingerprint density at radius 1 is 1.37 bits per heavy atom. The minimum Gasteiger partial charge on any atom is -0.481 e. The third-order valence-electron chi connectivity index (χ3n) is 3.22. The molecular formula is C14H19F2NO2. The molecule has 5 heteroatoms. The van der Waals surface area contributed by atoms with Crippen molar-refractivity contribution in [3.8, 4) is 0 Å². The van der Waals surface area contributed by atoms with Crippen LogP contribution in [-0.2, 0) is 4.79 Å². The van der Waals surface area contributed by atoms with Gasteiger partial charge in [0.1, 0.15) is 11.6 Å². The summed E-state index contributed by atoms with van der Waals surface area (Å²) in [7, 11) is 1.82. The molecule has 1 N–H and O–H groups in total. The van der Waals surface area contributed by atoms with Gasteiger partial charge in [-0.1, -0.05) is 0 Å². The maximum Gasteiger partial charge on any atom is 0.303 e. The van der Waals surface area contributed by atoms with E-state index in [-0.39, 0.29) is 12.5 Å². The van der Waals surface area contributed by atoms with Gasteiger partial charge >= 0.3 is 5.97 Å². The standard InChI is InChI=1S/C14H19F2NO2/c1-10(12-9-11(15)6-7-13(12)16)17(2)8-4-3-5-14(18)19/h6-7,9-10H,3-5,8H2,1-2H3,(H,18,19). The lowest BCUT2D eigenvalue weighted by atomic mass is 10.1. The molecule has 0 aliphatic rings. The van der Waals surface area contributed by atoms with E-state index in [9.17, 15) is 13.6 Å². The molecule has 0 bridgehead atoms. The van der Waals surface area contributed by atoms with E-state index in [4.69, 9.17) is 5.11 Å². The molecule has 0 radical (unpaired) electrons. The quantitative estimate of drug-likeness (QED) is 0.774. The van der Waals surface area contributed by atoms with Crippen molar-refractivity contribution < 1.29 is 18.7 Å². The Kier molecular flexibility index (Phi) is 5.89. The second kappa shape index (κ2) is 7.19. The first-order valence-corrected chi connectivity index (χ1v) is 6.28. The SMILES string of the molecule is CC(c1cc(F)ccc1F)N(C)CCCCC(=O)O. The number of nitrogens with zero attached hydrogens (tertiary/aromatic N) is 1. The van der Waals surface area contributed by atoms with E-state index in [0.717, 1.165) is 12.1 Å². The largest absolute Gasteiger partial charge is 0.481 e. The Morgan fingerprint density at radius 3 is 2.68 bits per heavy atom. The van der Waals surface area contributed by atoms with Gasteiger partial charge in [0.05, 0.1) is 0 Å². The van der Waals surface area contributed by atoms with Crippen molar-refractivity contribution in [3.63, 3.8) is 0 Å². The van der Waals surface area contributed by atoms with Crippen molar-refractivity contribution >= 4 is 5.97 Å². The molecule has 0 saturated heterocycles. The Hall–Kier alpha value is -1.49. The van der Waals surface area contributed by atoms with Gasteiger partial charge in [-0.15, -0.1) is 0 Å². The van der Waals surface area contributed by atoms with Crippen molar-refractivity contribution in [3.05, 3.63) is 35.4 Å². The molecule has 0 fully saturated rings. The number of rotatable bonds is 7. The van der Waals surface area contributed by atoms with Gasteiger partial charge < -0.3 is 5.11 Å². The Labute approximate surface area is 111 Å². The van der Waals surface area contributed by atoms with Crippen LogP contribution in [-0.4, -0.2) is 29.6 Å². The molecule has 1 atom stereocenters. The number of halogens is 2. The molecular weight excluding hydrogens is 252 g/mol. The molecule has 1 rings (SSSR count). The van der Waals surface area contributed by atoms with Crippen LogP contribution in [0.3, 0.4) is 0 Å². The van der Waals surface area contributed by atoms with Crippen LogP contribution in [0, 0.1) is 11.6 Å². The minimum absolute atomic E-state index is 0.135. The van der Waals surface area contributed by atoms with Crippen LogP contribution in [0.15, 0.2) is 18.2 Å². The van der Waals surface area contributed by atoms with Crippen molar-refractivity contribution in [1.29, 1.82) is 0 Å². The lowest BCUT2D eigenvalue weighted by Crippen LogP contribution is -2.24. The zero-order chi connectivity index (χ0) is 14.4. The fraction of sp³-hybridized carbons (Fsp3) is 0.500. The van der Waals surface area contributed by atoms with E-state index in [0.29, 0.717) is 24.9 Å². The predicted molar refractivity (Wildman–Crippen MR) is 68.9 cm³/mol. The van der Waals surface area contributed by atoms with Crippen LogP contribution in [0.1, 0.15) is 37.8 Å². The lowest BCUT2D eigenvalue weighted by molar-refractivity contribution is -0.137. The van der Waals surface area contributed by atoms with E-state index < -0.39 is 17.6 Å². The summed E-state index contributed by atoms with van der Waals surface area (Å²) in [6.07, 6.45) is 1.43. The smallest absolute Gasteiger partial charge is 0.303 e. The number of benzene rings is 1. The molecule has 0 heterocycles. The van der Waals surface area contributed by atoms with Crippen LogP contribution in [0.5, 0.6) is 0 Å². The van der Waals surface area contributed by atoms with Gasteiger partial charge in [-0.3, -0.25) is 9.69 Å². The second-order valence-corrected chi connectivity index (χ2v) is 4.67. The zero-order valence-corrected chi connectivity index (χ0v) is 11.2. The highest BCUT2D eigenvalue weighted by Gasteiger charge is 2.16. The molecule has 0 spiro atoms. The number of carboxylic acid groups (broad SMARTS) is 1. The molecule has 0 amide bonds. The second-order valence-electron chi connectivity index (χ2n) is 4.67. The Bertz CT molecular complexity index is 437. The van der Waals surface area contributed by atoms with Crippen LogP contribution in [0.2, 0.25) is 0 Å². The lowest BCUT2D eigenvalue weighted by Gasteiger charge is -2.25. The van der Waals surface area contributed by atoms with E-state index >= 15 is 0 Å². The van der Waals surface area contributed by atoms with E-state index in [1.54, 1.807) is 6.92 Å². The third kappa shape index (κ3) is 4.95. The third-order valence-corrected chi connectivity index (χ3v) is 3.22. The maximum atomic E-state index is 13.6. The first kappa shape index (κ1) is 15.6. The van der Waals surface area contributed by atoms with Gasteiger partial charge in [0.25, 0.3) is 0 Å². The predicted octanol–water partition coefficient (Wildman–Crippen LogP) is 3.21. The van der Waals surface area contributed by atoms with Crippen molar-refractivity contribution in [2.75, 3.05) is 13.6 Å². The van der Waals surface area contributed by atoms with E-state index in [1.165, 1.54) is 6.07 Å². The topological polar surface area (TPSA) is 40.5 Å². The number of aliphatic carboxylic acids is 1. The fourth-order valence-electron chi connectivity index (χ4n) is 1.90. The summed E-state index contributed by atoms with van der Waals surface area (Å²) in [5.41, 5.74) is 0.320. The summed E-state index contributed by atoms with van der Waals surface area (Å²) < 4.78 is 26.7. The Balaban J connectivity index is 2.54. The highest BCUT2D eigenvalue weighted by atomic mass is 19.1. The van der Waals surface area contributed by atoms with Crippen LogP contribution >= 0.6 is 0 Å². The maximum absolute atomic E-state index is 13.6. The van der Waals surface area contributed by atoms with Crippen molar-refractivity contribution in [2.24, 2.45) is 0 Å². The molecule has 106 valence electrons. The van der Waals surface area contributed by atoms with Crippen molar-refractivity contribution in [2.45, 2.75) is 32.2 Å². The summed E-state index contributed by atoms with van der Waals surface area (Å²) in [6.45, 7) is 2.44. The normalized spacial score (nSPS) is 12.7. The van der Waals surface area contributed by atoms with Gasteiger partial charge in [-0.05, 0) is 51.6 Å². The fourth-order valence-corrected chi connectivity index (χ4v) is 1.90. The van der Waals surface area contributed by atoms with E-state index in [2.05, 4.69) is 0 Å². The summed E-state index contributed by atoms with van der Waals surface area (Å²) in [6, 6.07) is 3.17. The summed E-state index contributed by atoms with van der Waals surface area (Å²) in [5.74, 6) is -1.69. The molecule has 19 heavy (non-hydrogen) atoms. The molecule has 3 nitrogen and oxygen atoms in total. The number of unbranched alkanes of at least 4 members (excludes halogenated alkanes) is 1. The monoisotopic (exact) mass is 271 g/mol. The Morgan fingerprint density at radius 2 is 2.05 bits per heavy atom. The molecule has 0 saturated carbocycles. The first-order chi connectivity index (χ1) is 8.91. The summed E-state index contributed by atoms with van der Waals surface area (Å²) in [4.78, 5) is 12.3. The first-order valence-electron chi connectivity index (χ1n) is 6.28. The zero-order valence-electron chi connectivity index (χ0n) is 11.2. The number of carboxylic acids is 1. The molecule has 1 aromatic rings. The average Bonchev–Trinajstić information content (AvgIpc) is 2.36. The van der Waals surface area contributed by atoms with E-state index in [1.807, 2.05) is 11.9 Å². The van der Waals surface area contributed by atoms with Gasteiger partial charge in [0, 0.05) is 18.0 Å². The summed E-state index contributed by atoms with van der Waals surface area (Å²) >= 11 is 0. The van der Waals surface area contributed by atoms with Crippen LogP contribution in [0.4, 0.5) is 8.78 Å². The average molecular weight is 271 g/mol. The van der Waals surface area contributed by atoms with Crippen LogP contribution in [0.25, 0.3) is 0 Å². The van der Waals surface area contributed by atoms with Gasteiger partial charge in [0.2, 0.25) is 0 Å². The highest BCUT2D eigenvalue weighted by molar-refractivity contribution is 5.66. The number of carbonyl (C=O) groups is 1. The summed E-state index contributed by atoms with van der Waals surface area (Å²) in [5, 5.41) is 8.53. The number of hydrogen-bond acceptors (Lipinski definition) is 2. The molecule has 0 aliphatic carbocycles. The number of hydrogen-bond donors (Lipinski definition) is 1. The van der Waals surface area contributed by atoms with Gasteiger partial charge in [0.15, 0.2) is 0 Å². The minimum atomic E-state index is -0.813. The molecule has 0 aromatic heterocycles. The highest BCUT2D eigenvalue weighted by Crippen LogP contribution is 2.23. The molecule has 0 aliphatic heterocycles. The van der Waals surface area contributed by atoms with Crippen LogP contribution < -0.4 is 0 Å². The molecule has 1 aromatic carbocycles. The molecule has 1 unspecified atom stereocenters. The van der Waals surface area contributed by atoms with Gasteiger partial charge in [-0.25, -0.2) is 8.78 Å². The van der Waals surface area contributed by atoms with Gasteiger partial charge in [-0.2, -0.15) is 0 Å². The van der Waals surface area contributed by atoms with Crippen molar-refractivity contribution in [1.82, 2.24) is 4.90 Å².